The summed E-state index contributed by atoms with van der Waals surface area (Å²) in [5, 5.41) is 4.26. The summed E-state index contributed by atoms with van der Waals surface area (Å²) < 4.78 is 1.39. The maximum absolute atomic E-state index is 11.4. The topological polar surface area (TPSA) is 60.9 Å². The third-order valence-electron chi connectivity index (χ3n) is 2.28. The molecule has 0 aliphatic heterocycles. The van der Waals surface area contributed by atoms with E-state index in [2.05, 4.69) is 5.10 Å². The minimum atomic E-state index is -0.120. The lowest BCUT2D eigenvalue weighted by Crippen LogP contribution is -2.25. The zero-order valence-corrected chi connectivity index (χ0v) is 10.1. The number of hydrogen-bond acceptors (Lipinski definition) is 3. The number of aromatic nitrogens is 2. The van der Waals surface area contributed by atoms with Crippen LogP contribution in [0, 0.1) is 0 Å². The van der Waals surface area contributed by atoms with Crippen LogP contribution in [-0.4, -0.2) is 16.3 Å². The number of hydrogen-bond donors (Lipinski definition) is 1. The molecule has 0 atom stereocenters. The normalized spacial score (nSPS) is 9.71. The van der Waals surface area contributed by atoms with Crippen LogP contribution in [0.15, 0.2) is 47.3 Å². The smallest absolute Gasteiger partial charge is 0.266 e. The molecule has 0 fully saturated rings. The fourth-order valence-corrected chi connectivity index (χ4v) is 1.49. The standard InChI is InChI=1S/C12H13N3O.ClH/c13-8-9-15-12(16)7-6-11(14-15)10-4-2-1-3-5-10;/h1-7H,8-9,13H2;1H. The molecule has 1 aromatic carbocycles. The zero-order valence-electron chi connectivity index (χ0n) is 9.24. The van der Waals surface area contributed by atoms with Crippen LogP contribution in [0.1, 0.15) is 0 Å². The SMILES string of the molecule is Cl.NCCn1nc(-c2ccccc2)ccc1=O. The summed E-state index contributed by atoms with van der Waals surface area (Å²) >= 11 is 0. The molecule has 2 aromatic rings. The van der Waals surface area contributed by atoms with Gasteiger partial charge in [-0.05, 0) is 6.07 Å². The van der Waals surface area contributed by atoms with E-state index in [0.29, 0.717) is 13.1 Å². The van der Waals surface area contributed by atoms with Crippen LogP contribution in [0.5, 0.6) is 0 Å². The van der Waals surface area contributed by atoms with Crippen LogP contribution in [0.4, 0.5) is 0 Å². The van der Waals surface area contributed by atoms with Crippen molar-refractivity contribution in [3.63, 3.8) is 0 Å². The first-order chi connectivity index (χ1) is 7.81. The Kier molecular flexibility index (Phi) is 4.87. The molecule has 0 spiro atoms. The van der Waals surface area contributed by atoms with Crippen molar-refractivity contribution in [3.8, 4) is 11.3 Å². The van der Waals surface area contributed by atoms with Crippen LogP contribution >= 0.6 is 12.4 Å². The molecule has 4 nitrogen and oxygen atoms in total. The molecule has 2 rings (SSSR count). The van der Waals surface area contributed by atoms with Crippen molar-refractivity contribution >= 4 is 12.4 Å². The lowest BCUT2D eigenvalue weighted by Gasteiger charge is -2.05. The molecular formula is C12H14ClN3O. The van der Waals surface area contributed by atoms with Gasteiger partial charge in [0, 0.05) is 18.2 Å². The average Bonchev–Trinajstić information content (AvgIpc) is 2.33. The van der Waals surface area contributed by atoms with Crippen molar-refractivity contribution in [3.05, 3.63) is 52.8 Å². The van der Waals surface area contributed by atoms with Gasteiger partial charge in [-0.1, -0.05) is 30.3 Å². The van der Waals surface area contributed by atoms with Gasteiger partial charge in [-0.25, -0.2) is 4.68 Å². The summed E-state index contributed by atoms with van der Waals surface area (Å²) in [4.78, 5) is 11.4. The Morgan fingerprint density at radius 2 is 1.82 bits per heavy atom. The number of nitrogens with zero attached hydrogens (tertiary/aromatic N) is 2. The largest absolute Gasteiger partial charge is 0.329 e. The van der Waals surface area contributed by atoms with E-state index in [-0.39, 0.29) is 18.0 Å². The Balaban J connectivity index is 0.00000144. The quantitative estimate of drug-likeness (QED) is 0.894. The number of rotatable bonds is 3. The first-order valence-electron chi connectivity index (χ1n) is 5.15. The fourth-order valence-electron chi connectivity index (χ4n) is 1.49. The Bertz CT molecular complexity index is 525. The highest BCUT2D eigenvalue weighted by atomic mass is 35.5. The summed E-state index contributed by atoms with van der Waals surface area (Å²) in [6, 6.07) is 13.0. The van der Waals surface area contributed by atoms with Crippen LogP contribution in [0.25, 0.3) is 11.3 Å². The van der Waals surface area contributed by atoms with Crippen molar-refractivity contribution in [2.75, 3.05) is 6.54 Å². The molecule has 1 heterocycles. The van der Waals surface area contributed by atoms with Crippen LogP contribution in [0.3, 0.4) is 0 Å². The summed E-state index contributed by atoms with van der Waals surface area (Å²) in [5.74, 6) is 0. The van der Waals surface area contributed by atoms with Gasteiger partial charge in [0.1, 0.15) is 0 Å². The van der Waals surface area contributed by atoms with E-state index in [1.807, 2.05) is 30.3 Å². The third kappa shape index (κ3) is 3.15. The van der Waals surface area contributed by atoms with Gasteiger partial charge < -0.3 is 5.73 Å². The molecule has 0 radical (unpaired) electrons. The van der Waals surface area contributed by atoms with Gasteiger partial charge in [0.25, 0.3) is 5.56 Å². The molecule has 0 aliphatic carbocycles. The number of halogens is 1. The number of benzene rings is 1. The molecule has 0 bridgehead atoms. The summed E-state index contributed by atoms with van der Waals surface area (Å²) in [7, 11) is 0. The van der Waals surface area contributed by atoms with E-state index in [9.17, 15) is 4.79 Å². The van der Waals surface area contributed by atoms with Gasteiger partial charge in [0.15, 0.2) is 0 Å². The van der Waals surface area contributed by atoms with Crippen molar-refractivity contribution in [1.29, 1.82) is 0 Å². The van der Waals surface area contributed by atoms with Gasteiger partial charge in [-0.2, -0.15) is 5.10 Å². The molecule has 0 amide bonds. The Labute approximate surface area is 105 Å². The van der Waals surface area contributed by atoms with Gasteiger partial charge in [-0.15, -0.1) is 12.4 Å². The van der Waals surface area contributed by atoms with Gasteiger partial charge >= 0.3 is 0 Å². The minimum Gasteiger partial charge on any atom is -0.329 e. The Morgan fingerprint density at radius 1 is 1.12 bits per heavy atom. The van der Waals surface area contributed by atoms with Gasteiger partial charge in [0.2, 0.25) is 0 Å². The lowest BCUT2D eigenvalue weighted by molar-refractivity contribution is 0.590. The highest BCUT2D eigenvalue weighted by Crippen LogP contribution is 2.13. The van der Waals surface area contributed by atoms with Crippen LogP contribution in [-0.2, 0) is 6.54 Å². The van der Waals surface area contributed by atoms with Crippen molar-refractivity contribution in [1.82, 2.24) is 9.78 Å². The monoisotopic (exact) mass is 251 g/mol. The van der Waals surface area contributed by atoms with Crippen molar-refractivity contribution < 1.29 is 0 Å². The molecule has 0 saturated carbocycles. The average molecular weight is 252 g/mol. The van der Waals surface area contributed by atoms with E-state index < -0.39 is 0 Å². The van der Waals surface area contributed by atoms with E-state index in [1.165, 1.54) is 10.7 Å². The molecule has 17 heavy (non-hydrogen) atoms. The first-order valence-corrected chi connectivity index (χ1v) is 5.15. The van der Waals surface area contributed by atoms with Gasteiger partial charge in [0.05, 0.1) is 12.2 Å². The Morgan fingerprint density at radius 3 is 2.47 bits per heavy atom. The molecule has 1 aromatic heterocycles. The van der Waals surface area contributed by atoms with Crippen LogP contribution in [0.2, 0.25) is 0 Å². The van der Waals surface area contributed by atoms with Crippen molar-refractivity contribution in [2.24, 2.45) is 5.73 Å². The summed E-state index contributed by atoms with van der Waals surface area (Å²) in [5.41, 5.74) is 7.08. The maximum atomic E-state index is 11.4. The third-order valence-corrected chi connectivity index (χ3v) is 2.28. The molecule has 5 heteroatoms. The molecule has 0 unspecified atom stereocenters. The van der Waals surface area contributed by atoms with E-state index >= 15 is 0 Å². The van der Waals surface area contributed by atoms with Gasteiger partial charge in [-0.3, -0.25) is 4.79 Å². The molecule has 0 saturated heterocycles. The zero-order chi connectivity index (χ0) is 11.4. The second-order valence-electron chi connectivity index (χ2n) is 3.43. The maximum Gasteiger partial charge on any atom is 0.266 e. The van der Waals surface area contributed by atoms with E-state index in [1.54, 1.807) is 6.07 Å². The number of nitrogens with two attached hydrogens (primary N) is 1. The molecule has 2 N–H and O–H groups in total. The lowest BCUT2D eigenvalue weighted by atomic mass is 10.1. The predicted molar refractivity (Wildman–Crippen MR) is 70.2 cm³/mol. The summed E-state index contributed by atoms with van der Waals surface area (Å²) in [6.07, 6.45) is 0. The predicted octanol–water partition coefficient (Wildman–Crippen LogP) is 1.29. The van der Waals surface area contributed by atoms with Crippen molar-refractivity contribution in [2.45, 2.75) is 6.54 Å². The minimum absolute atomic E-state index is 0. The highest BCUT2D eigenvalue weighted by molar-refractivity contribution is 5.85. The molecule has 90 valence electrons. The Hall–Kier alpha value is -1.65. The fraction of sp³-hybridized carbons (Fsp3) is 0.167. The molecule has 0 aliphatic rings. The summed E-state index contributed by atoms with van der Waals surface area (Å²) in [6.45, 7) is 0.852. The highest BCUT2D eigenvalue weighted by Gasteiger charge is 2.01. The second kappa shape index (κ2) is 6.18. The van der Waals surface area contributed by atoms with E-state index in [4.69, 9.17) is 5.73 Å². The second-order valence-corrected chi connectivity index (χ2v) is 3.43. The van der Waals surface area contributed by atoms with E-state index in [0.717, 1.165) is 11.3 Å². The molecular weight excluding hydrogens is 238 g/mol. The van der Waals surface area contributed by atoms with Crippen LogP contribution < -0.4 is 11.3 Å². The first kappa shape index (κ1) is 13.4.